The maximum absolute atomic E-state index is 10.9. The summed E-state index contributed by atoms with van der Waals surface area (Å²) in [6, 6.07) is 17.1. The van der Waals surface area contributed by atoms with Crippen LogP contribution >= 0.6 is 0 Å². The third-order valence-corrected chi connectivity index (χ3v) is 3.25. The molecule has 0 heterocycles. The molecule has 4 nitrogen and oxygen atoms in total. The van der Waals surface area contributed by atoms with Gasteiger partial charge in [-0.25, -0.2) is 4.79 Å². The monoisotopic (exact) mass is 300 g/mol. The summed E-state index contributed by atoms with van der Waals surface area (Å²) in [5.41, 5.74) is 1.89. The third kappa shape index (κ3) is 4.60. The molecule has 1 N–H and O–H groups in total. The topological polar surface area (TPSA) is 55.8 Å². The molecule has 0 aliphatic heterocycles. The first-order valence-corrected chi connectivity index (χ1v) is 7.36. The molecule has 0 bridgehead atoms. The number of ether oxygens (including phenoxy) is 2. The van der Waals surface area contributed by atoms with Crippen LogP contribution in [0, 0.1) is 0 Å². The van der Waals surface area contributed by atoms with Crippen molar-refractivity contribution in [3.05, 3.63) is 65.7 Å². The Morgan fingerprint density at radius 3 is 2.45 bits per heavy atom. The highest BCUT2D eigenvalue weighted by atomic mass is 16.7. The second kappa shape index (κ2) is 8.20. The van der Waals surface area contributed by atoms with Crippen LogP contribution in [0.1, 0.15) is 30.6 Å². The number of hydrogen-bond donors (Lipinski definition) is 1. The summed E-state index contributed by atoms with van der Waals surface area (Å²) in [6.45, 7) is 2.65. The van der Waals surface area contributed by atoms with Gasteiger partial charge in [0.25, 0.3) is 0 Å². The van der Waals surface area contributed by atoms with E-state index in [1.807, 2.05) is 49.4 Å². The second-order valence-corrected chi connectivity index (χ2v) is 4.95. The predicted octanol–water partition coefficient (Wildman–Crippen LogP) is 4.45. The highest BCUT2D eigenvalue weighted by molar-refractivity contribution is 5.62. The number of para-hydroxylation sites is 1. The average Bonchev–Trinajstić information content (AvgIpc) is 2.52. The molecule has 0 radical (unpaired) electrons. The molecule has 2 rings (SSSR count). The van der Waals surface area contributed by atoms with Gasteiger partial charge >= 0.3 is 6.16 Å². The van der Waals surface area contributed by atoms with Crippen molar-refractivity contribution in [1.82, 2.24) is 0 Å². The van der Waals surface area contributed by atoms with Crippen LogP contribution in [0.2, 0.25) is 0 Å². The molecule has 1 unspecified atom stereocenters. The lowest BCUT2D eigenvalue weighted by Gasteiger charge is -2.20. The lowest BCUT2D eigenvalue weighted by atomic mass is 10.0. The van der Waals surface area contributed by atoms with E-state index in [2.05, 4.69) is 0 Å². The van der Waals surface area contributed by atoms with E-state index >= 15 is 0 Å². The van der Waals surface area contributed by atoms with Crippen molar-refractivity contribution in [3.8, 4) is 5.75 Å². The Morgan fingerprint density at radius 2 is 1.77 bits per heavy atom. The maximum Gasteiger partial charge on any atom is 0.511 e. The summed E-state index contributed by atoms with van der Waals surface area (Å²) in [5, 5.41) is 8.88. The highest BCUT2D eigenvalue weighted by Gasteiger charge is 2.18. The molecule has 0 fully saturated rings. The van der Waals surface area contributed by atoms with Crippen LogP contribution in [0.5, 0.6) is 5.75 Å². The molecule has 2 aromatic carbocycles. The fourth-order valence-electron chi connectivity index (χ4n) is 2.28. The van der Waals surface area contributed by atoms with E-state index in [-0.39, 0.29) is 6.10 Å². The normalized spacial score (nSPS) is 11.9. The van der Waals surface area contributed by atoms with Crippen LogP contribution in [0.3, 0.4) is 0 Å². The summed E-state index contributed by atoms with van der Waals surface area (Å²) in [5.74, 6) is 0.326. The standard InChI is InChI=1S/C18H20O4/c1-2-12-21-17(13-14-8-4-3-5-9-14)15-10-6-7-11-16(15)22-18(19)20/h3-11,17H,2,12-13H2,1H3,(H,19,20). The quantitative estimate of drug-likeness (QED) is 0.606. The predicted molar refractivity (Wildman–Crippen MR) is 84.2 cm³/mol. The van der Waals surface area contributed by atoms with Crippen LogP contribution in [0.4, 0.5) is 4.79 Å². The van der Waals surface area contributed by atoms with Gasteiger partial charge in [0, 0.05) is 18.6 Å². The number of carbonyl (C=O) groups is 1. The van der Waals surface area contributed by atoms with E-state index in [1.54, 1.807) is 12.1 Å². The van der Waals surface area contributed by atoms with Crippen molar-refractivity contribution in [1.29, 1.82) is 0 Å². The minimum Gasteiger partial charge on any atom is -0.449 e. The number of carboxylic acid groups (broad SMARTS) is 1. The van der Waals surface area contributed by atoms with Crippen molar-refractivity contribution in [2.75, 3.05) is 6.61 Å². The van der Waals surface area contributed by atoms with Crippen molar-refractivity contribution < 1.29 is 19.4 Å². The average molecular weight is 300 g/mol. The molecule has 1 atom stereocenters. The van der Waals surface area contributed by atoms with Gasteiger partial charge in [-0.3, -0.25) is 0 Å². The minimum atomic E-state index is -1.32. The fourth-order valence-corrected chi connectivity index (χ4v) is 2.28. The first-order valence-electron chi connectivity index (χ1n) is 7.36. The summed E-state index contributed by atoms with van der Waals surface area (Å²) < 4.78 is 10.8. The van der Waals surface area contributed by atoms with Gasteiger partial charge in [-0.2, -0.15) is 0 Å². The van der Waals surface area contributed by atoms with E-state index in [1.165, 1.54) is 0 Å². The molecule has 0 aliphatic rings. The molecule has 0 aliphatic carbocycles. The minimum absolute atomic E-state index is 0.238. The lowest BCUT2D eigenvalue weighted by molar-refractivity contribution is 0.0512. The Hall–Kier alpha value is -2.33. The van der Waals surface area contributed by atoms with Crippen molar-refractivity contribution in [2.24, 2.45) is 0 Å². The van der Waals surface area contributed by atoms with Gasteiger partial charge in [-0.1, -0.05) is 55.5 Å². The highest BCUT2D eigenvalue weighted by Crippen LogP contribution is 2.30. The van der Waals surface area contributed by atoms with Gasteiger partial charge in [0.05, 0.1) is 6.10 Å². The molecular weight excluding hydrogens is 280 g/mol. The van der Waals surface area contributed by atoms with Crippen LogP contribution in [-0.4, -0.2) is 17.9 Å². The zero-order valence-electron chi connectivity index (χ0n) is 12.6. The van der Waals surface area contributed by atoms with Gasteiger partial charge in [-0.15, -0.1) is 0 Å². The van der Waals surface area contributed by atoms with Crippen molar-refractivity contribution in [3.63, 3.8) is 0 Å². The molecule has 0 aromatic heterocycles. The molecular formula is C18H20O4. The molecule has 0 amide bonds. The number of benzene rings is 2. The smallest absolute Gasteiger partial charge is 0.449 e. The Kier molecular flexibility index (Phi) is 5.98. The lowest BCUT2D eigenvalue weighted by Crippen LogP contribution is -2.12. The second-order valence-electron chi connectivity index (χ2n) is 4.95. The van der Waals surface area contributed by atoms with E-state index in [0.717, 1.165) is 17.5 Å². The zero-order valence-corrected chi connectivity index (χ0v) is 12.6. The van der Waals surface area contributed by atoms with Crippen molar-refractivity contribution in [2.45, 2.75) is 25.9 Å². The summed E-state index contributed by atoms with van der Waals surface area (Å²) in [7, 11) is 0. The molecule has 0 saturated carbocycles. The Labute approximate surface area is 130 Å². The Balaban J connectivity index is 2.26. The maximum atomic E-state index is 10.9. The largest absolute Gasteiger partial charge is 0.511 e. The van der Waals surface area contributed by atoms with Gasteiger partial charge in [-0.05, 0) is 18.1 Å². The third-order valence-electron chi connectivity index (χ3n) is 3.25. The summed E-state index contributed by atoms with van der Waals surface area (Å²) in [4.78, 5) is 10.9. The molecule has 22 heavy (non-hydrogen) atoms. The first-order chi connectivity index (χ1) is 10.7. The van der Waals surface area contributed by atoms with Crippen LogP contribution in [0.25, 0.3) is 0 Å². The molecule has 0 saturated heterocycles. The van der Waals surface area contributed by atoms with Crippen LogP contribution < -0.4 is 4.74 Å². The zero-order chi connectivity index (χ0) is 15.8. The SMILES string of the molecule is CCCOC(Cc1ccccc1)c1ccccc1OC(=O)O. The van der Waals surface area contributed by atoms with E-state index in [9.17, 15) is 4.79 Å². The Morgan fingerprint density at radius 1 is 1.09 bits per heavy atom. The molecule has 0 spiro atoms. The Bertz CT molecular complexity index is 595. The summed E-state index contributed by atoms with van der Waals surface area (Å²) in [6.07, 6.45) is 0.00737. The number of rotatable bonds is 7. The molecule has 4 heteroatoms. The first kappa shape index (κ1) is 16.0. The van der Waals surface area contributed by atoms with Gasteiger partial charge < -0.3 is 14.6 Å². The van der Waals surface area contributed by atoms with Gasteiger partial charge in [0.1, 0.15) is 5.75 Å². The fraction of sp³-hybridized carbons (Fsp3) is 0.278. The summed E-state index contributed by atoms with van der Waals surface area (Å²) >= 11 is 0. The van der Waals surface area contributed by atoms with Gasteiger partial charge in [0.2, 0.25) is 0 Å². The van der Waals surface area contributed by atoms with Crippen LogP contribution in [0.15, 0.2) is 54.6 Å². The van der Waals surface area contributed by atoms with E-state index in [4.69, 9.17) is 14.6 Å². The van der Waals surface area contributed by atoms with E-state index < -0.39 is 6.16 Å². The van der Waals surface area contributed by atoms with Gasteiger partial charge in [0.15, 0.2) is 0 Å². The molecule has 2 aromatic rings. The number of hydrogen-bond acceptors (Lipinski definition) is 3. The van der Waals surface area contributed by atoms with Crippen LogP contribution in [-0.2, 0) is 11.2 Å². The van der Waals surface area contributed by atoms with Crippen molar-refractivity contribution >= 4 is 6.16 Å². The van der Waals surface area contributed by atoms with E-state index in [0.29, 0.717) is 18.8 Å². The molecule has 116 valence electrons.